The van der Waals surface area contributed by atoms with Crippen molar-refractivity contribution in [2.24, 2.45) is 5.92 Å². The van der Waals surface area contributed by atoms with Gasteiger partial charge >= 0.3 is 0 Å². The predicted molar refractivity (Wildman–Crippen MR) is 132 cm³/mol. The van der Waals surface area contributed by atoms with Gasteiger partial charge in [0.15, 0.2) is 0 Å². The van der Waals surface area contributed by atoms with E-state index >= 15 is 0 Å². The van der Waals surface area contributed by atoms with Gasteiger partial charge in [-0.1, -0.05) is 19.1 Å². The smallest absolute Gasteiger partial charge is 0.259 e. The Hall–Kier alpha value is -2.77. The fraction of sp³-hybridized carbons (Fsp3) is 0.519. The highest BCUT2D eigenvalue weighted by molar-refractivity contribution is 5.97. The molecule has 0 unspecified atom stereocenters. The average Bonchev–Trinajstić information content (AvgIpc) is 2.86. The molecule has 1 amide bonds. The van der Waals surface area contributed by atoms with Gasteiger partial charge in [-0.3, -0.25) is 14.7 Å². The molecule has 7 heteroatoms. The van der Waals surface area contributed by atoms with Gasteiger partial charge in [-0.05, 0) is 68.5 Å². The van der Waals surface area contributed by atoms with Crippen LogP contribution < -0.4 is 4.74 Å². The first kappa shape index (κ1) is 24.4. The Morgan fingerprint density at radius 1 is 1.32 bits per heavy atom. The van der Waals surface area contributed by atoms with Crippen LogP contribution in [0.2, 0.25) is 0 Å². The van der Waals surface area contributed by atoms with E-state index in [1.165, 1.54) is 12.0 Å². The van der Waals surface area contributed by atoms with Gasteiger partial charge in [0.2, 0.25) is 5.88 Å². The number of amides is 1. The highest BCUT2D eigenvalue weighted by Crippen LogP contribution is 2.32. The number of aromatic nitrogens is 2. The predicted octanol–water partition coefficient (Wildman–Crippen LogP) is 3.79. The summed E-state index contributed by atoms with van der Waals surface area (Å²) in [4.78, 5) is 26.4. The summed E-state index contributed by atoms with van der Waals surface area (Å²) in [6.45, 7) is 5.84. The molecule has 1 N–H and O–H groups in total. The van der Waals surface area contributed by atoms with Crippen LogP contribution in [-0.4, -0.2) is 69.7 Å². The van der Waals surface area contributed by atoms with Crippen molar-refractivity contribution in [1.82, 2.24) is 19.8 Å². The minimum atomic E-state index is -0.285. The van der Waals surface area contributed by atoms with Crippen molar-refractivity contribution in [2.45, 2.75) is 58.2 Å². The lowest BCUT2D eigenvalue weighted by atomic mass is 9.93. The third kappa shape index (κ3) is 5.65. The van der Waals surface area contributed by atoms with Gasteiger partial charge < -0.3 is 14.7 Å². The second-order valence-electron chi connectivity index (χ2n) is 9.73. The molecule has 0 fully saturated rings. The Labute approximate surface area is 202 Å². The number of fused-ring (bicyclic) bond motifs is 1. The number of aliphatic hydroxyl groups excluding tert-OH is 1. The molecule has 2 aromatic heterocycles. The Balaban J connectivity index is 1.63. The lowest BCUT2D eigenvalue weighted by Gasteiger charge is -2.37. The normalized spacial score (nSPS) is 21.9. The van der Waals surface area contributed by atoms with Gasteiger partial charge in [0.05, 0.1) is 12.6 Å². The molecule has 0 saturated heterocycles. The molecule has 0 bridgehead atoms. The number of likely N-dealkylation sites (N-methyl/N-ethyl adjacent to an activating group) is 1. The van der Waals surface area contributed by atoms with Gasteiger partial charge in [-0.25, -0.2) is 4.98 Å². The van der Waals surface area contributed by atoms with Crippen LogP contribution in [0.5, 0.6) is 5.88 Å². The summed E-state index contributed by atoms with van der Waals surface area (Å²) in [6.07, 6.45) is 12.0. The number of hydrogen-bond donors (Lipinski definition) is 1. The fourth-order valence-corrected chi connectivity index (χ4v) is 4.77. The lowest BCUT2D eigenvalue weighted by Crippen LogP contribution is -2.49. The van der Waals surface area contributed by atoms with E-state index in [4.69, 9.17) is 4.74 Å². The molecule has 1 aliphatic heterocycles. The first-order chi connectivity index (χ1) is 16.5. The van der Waals surface area contributed by atoms with Crippen LogP contribution in [0.3, 0.4) is 0 Å². The van der Waals surface area contributed by atoms with Crippen molar-refractivity contribution in [2.75, 3.05) is 26.7 Å². The van der Waals surface area contributed by atoms with Gasteiger partial charge in [0, 0.05) is 44.1 Å². The largest absolute Gasteiger partial charge is 0.472 e. The zero-order valence-electron chi connectivity index (χ0n) is 20.5. The molecule has 2 aliphatic rings. The van der Waals surface area contributed by atoms with Gasteiger partial charge in [-0.15, -0.1) is 0 Å². The quantitative estimate of drug-likeness (QED) is 0.672. The van der Waals surface area contributed by atoms with E-state index in [0.717, 1.165) is 36.9 Å². The van der Waals surface area contributed by atoms with Crippen molar-refractivity contribution in [3.05, 3.63) is 59.6 Å². The first-order valence-electron chi connectivity index (χ1n) is 12.3. The number of ether oxygens (including phenoxy) is 1. The number of aliphatic hydroxyl groups is 1. The summed E-state index contributed by atoms with van der Waals surface area (Å²) in [7, 11) is 2.06. The number of hydrogen-bond acceptors (Lipinski definition) is 6. The summed E-state index contributed by atoms with van der Waals surface area (Å²) in [5.41, 5.74) is 3.86. The molecule has 0 saturated carbocycles. The summed E-state index contributed by atoms with van der Waals surface area (Å²) in [6, 6.07) is 5.66. The molecule has 182 valence electrons. The Bertz CT molecular complexity index is 1010. The number of pyridine rings is 2. The molecule has 1 aliphatic carbocycles. The standard InChI is InChI=1S/C27H36N4O3/c1-19-15-31(20(2)18-32)27(33)24-12-23(22-9-5-4-6-10-22)14-29-26(24)34-25(19)17-30(3)16-21-8-7-11-28-13-21/h7-9,11-14,19-20,25,32H,4-6,10,15-18H2,1-3H3/t19-,20-,25+/m1/s1. The monoisotopic (exact) mass is 464 g/mol. The minimum Gasteiger partial charge on any atom is -0.472 e. The molecule has 7 nitrogen and oxygen atoms in total. The van der Waals surface area contributed by atoms with Gasteiger partial charge in [0.25, 0.3) is 5.91 Å². The zero-order valence-corrected chi connectivity index (χ0v) is 20.5. The van der Waals surface area contributed by atoms with Crippen LogP contribution in [0.15, 0.2) is 42.9 Å². The second kappa shape index (κ2) is 11.1. The van der Waals surface area contributed by atoms with E-state index in [1.807, 2.05) is 31.5 Å². The minimum absolute atomic E-state index is 0.0602. The number of allylic oxidation sites excluding steroid dienone is 2. The van der Waals surface area contributed by atoms with E-state index in [-0.39, 0.29) is 30.6 Å². The topological polar surface area (TPSA) is 78.8 Å². The van der Waals surface area contributed by atoms with Crippen molar-refractivity contribution >= 4 is 11.5 Å². The Morgan fingerprint density at radius 2 is 2.18 bits per heavy atom. The van der Waals surface area contributed by atoms with Crippen molar-refractivity contribution < 1.29 is 14.6 Å². The molecule has 4 rings (SSSR count). The van der Waals surface area contributed by atoms with Crippen LogP contribution in [0.25, 0.3) is 5.57 Å². The molecule has 3 atom stereocenters. The maximum absolute atomic E-state index is 13.6. The van der Waals surface area contributed by atoms with E-state index in [9.17, 15) is 9.90 Å². The number of carbonyl (C=O) groups excluding carboxylic acids is 1. The second-order valence-corrected chi connectivity index (χ2v) is 9.73. The van der Waals surface area contributed by atoms with Crippen molar-refractivity contribution in [3.8, 4) is 5.88 Å². The fourth-order valence-electron chi connectivity index (χ4n) is 4.77. The third-order valence-corrected chi connectivity index (χ3v) is 6.85. The van der Waals surface area contributed by atoms with E-state index in [1.54, 1.807) is 11.1 Å². The van der Waals surface area contributed by atoms with Crippen LogP contribution in [0.1, 0.15) is 61.0 Å². The van der Waals surface area contributed by atoms with E-state index in [0.29, 0.717) is 24.5 Å². The summed E-state index contributed by atoms with van der Waals surface area (Å²) >= 11 is 0. The molecule has 3 heterocycles. The molecular formula is C27H36N4O3. The van der Waals surface area contributed by atoms with Crippen molar-refractivity contribution in [1.29, 1.82) is 0 Å². The van der Waals surface area contributed by atoms with Crippen LogP contribution in [0, 0.1) is 5.92 Å². The maximum Gasteiger partial charge on any atom is 0.259 e. The van der Waals surface area contributed by atoms with Gasteiger partial charge in [-0.2, -0.15) is 0 Å². The van der Waals surface area contributed by atoms with Gasteiger partial charge in [0.1, 0.15) is 11.7 Å². The van der Waals surface area contributed by atoms with Crippen LogP contribution in [0.4, 0.5) is 0 Å². The van der Waals surface area contributed by atoms with Crippen LogP contribution in [-0.2, 0) is 6.54 Å². The number of nitrogens with zero attached hydrogens (tertiary/aromatic N) is 4. The molecular weight excluding hydrogens is 428 g/mol. The highest BCUT2D eigenvalue weighted by atomic mass is 16.5. The maximum atomic E-state index is 13.6. The van der Waals surface area contributed by atoms with E-state index < -0.39 is 0 Å². The molecule has 2 aromatic rings. The zero-order chi connectivity index (χ0) is 24.1. The Morgan fingerprint density at radius 3 is 2.88 bits per heavy atom. The lowest BCUT2D eigenvalue weighted by molar-refractivity contribution is 0.0325. The average molecular weight is 465 g/mol. The summed E-state index contributed by atoms with van der Waals surface area (Å²) < 4.78 is 6.43. The first-order valence-corrected chi connectivity index (χ1v) is 12.3. The van der Waals surface area contributed by atoms with Crippen LogP contribution >= 0.6 is 0 Å². The Kier molecular flexibility index (Phi) is 7.95. The number of rotatable bonds is 7. The SMILES string of the molecule is C[C@@H]1CN([C@H](C)CO)C(=O)c2cc(C3=CCCCC3)cnc2O[C@H]1CN(C)Cc1cccnc1. The molecule has 0 aromatic carbocycles. The molecule has 34 heavy (non-hydrogen) atoms. The summed E-state index contributed by atoms with van der Waals surface area (Å²) in [5.74, 6) is 0.313. The molecule has 0 spiro atoms. The molecule has 0 radical (unpaired) electrons. The summed E-state index contributed by atoms with van der Waals surface area (Å²) in [5, 5.41) is 9.87. The third-order valence-electron chi connectivity index (χ3n) is 6.85. The number of carbonyl (C=O) groups is 1. The highest BCUT2D eigenvalue weighted by Gasteiger charge is 2.34. The van der Waals surface area contributed by atoms with E-state index in [2.05, 4.69) is 41.0 Å². The van der Waals surface area contributed by atoms with Crippen molar-refractivity contribution in [3.63, 3.8) is 0 Å².